The van der Waals surface area contributed by atoms with Crippen LogP contribution in [0.4, 0.5) is 39.5 Å². The zero-order valence-electron chi connectivity index (χ0n) is 10.9. The minimum atomic E-state index is -6.90. The van der Waals surface area contributed by atoms with E-state index >= 15 is 0 Å². The van der Waals surface area contributed by atoms with Gasteiger partial charge in [-0.15, -0.1) is 0 Å². The molecule has 0 N–H and O–H groups in total. The molecule has 0 aliphatic rings. The van der Waals surface area contributed by atoms with Crippen LogP contribution < -0.4 is 0 Å². The maximum absolute atomic E-state index is 13.7. The lowest BCUT2D eigenvalue weighted by Gasteiger charge is -2.33. The van der Waals surface area contributed by atoms with Gasteiger partial charge in [-0.2, -0.15) is 39.5 Å². The molecule has 23 heavy (non-hydrogen) atoms. The molecule has 125 valence electrons. The van der Waals surface area contributed by atoms with Crippen LogP contribution in [0.1, 0.15) is 5.56 Å². The average Bonchev–Trinajstić information content (AvgIpc) is 2.45. The molecule has 2 rings (SSSR count). The number of fused-ring (bicyclic) bond motifs is 1. The van der Waals surface area contributed by atoms with E-state index in [0.29, 0.717) is 12.1 Å². The summed E-state index contributed by atoms with van der Waals surface area (Å²) in [6, 6.07) is 8.11. The van der Waals surface area contributed by atoms with E-state index in [1.165, 1.54) is 18.2 Å². The normalized spacial score (nSPS) is 14.3. The van der Waals surface area contributed by atoms with Crippen molar-refractivity contribution in [2.24, 2.45) is 0 Å². The minimum Gasteiger partial charge on any atom is -0.194 e. The Hall–Kier alpha value is -1.93. The topological polar surface area (TPSA) is 0 Å². The van der Waals surface area contributed by atoms with E-state index in [4.69, 9.17) is 0 Å². The molecule has 0 saturated carbocycles. The zero-order valence-corrected chi connectivity index (χ0v) is 10.9. The average molecular weight is 345 g/mol. The molecule has 1 radical (unpaired) electrons. The molecular weight excluding hydrogens is 339 g/mol. The van der Waals surface area contributed by atoms with E-state index in [2.05, 4.69) is 6.07 Å². The van der Waals surface area contributed by atoms with E-state index < -0.39 is 29.5 Å². The molecule has 2 aromatic rings. The number of hydrogen-bond acceptors (Lipinski definition) is 0. The summed E-state index contributed by atoms with van der Waals surface area (Å²) < 4.78 is 116. The lowest BCUT2D eigenvalue weighted by Crippen LogP contribution is -2.59. The Labute approximate surface area is 123 Å². The second kappa shape index (κ2) is 5.04. The highest BCUT2D eigenvalue weighted by molar-refractivity contribution is 5.82. The fourth-order valence-corrected chi connectivity index (χ4v) is 1.87. The number of rotatable bonds is 3. The summed E-state index contributed by atoms with van der Waals surface area (Å²) in [6.07, 6.45) is -6.83. The maximum Gasteiger partial charge on any atom is 0.460 e. The summed E-state index contributed by atoms with van der Waals surface area (Å²) in [6.45, 7) is 0. The molecule has 0 unspecified atom stereocenters. The van der Waals surface area contributed by atoms with Crippen molar-refractivity contribution in [1.29, 1.82) is 0 Å². The molecule has 0 nitrogen and oxygen atoms in total. The van der Waals surface area contributed by atoms with Crippen molar-refractivity contribution in [3.8, 4) is 0 Å². The van der Waals surface area contributed by atoms with Crippen LogP contribution in [-0.2, 0) is 5.92 Å². The number of benzene rings is 2. The maximum atomic E-state index is 13.7. The van der Waals surface area contributed by atoms with Gasteiger partial charge < -0.3 is 0 Å². The van der Waals surface area contributed by atoms with E-state index in [1.807, 2.05) is 0 Å². The molecule has 9 heteroatoms. The van der Waals surface area contributed by atoms with E-state index in [1.54, 1.807) is 0 Å². The van der Waals surface area contributed by atoms with Crippen molar-refractivity contribution in [3.63, 3.8) is 0 Å². The molecule has 0 bridgehead atoms. The van der Waals surface area contributed by atoms with Crippen LogP contribution in [0.25, 0.3) is 10.8 Å². The van der Waals surface area contributed by atoms with Crippen molar-refractivity contribution in [2.75, 3.05) is 0 Å². The van der Waals surface area contributed by atoms with Gasteiger partial charge in [0.2, 0.25) is 0 Å². The molecule has 0 aliphatic carbocycles. The van der Waals surface area contributed by atoms with Crippen LogP contribution in [-0.4, -0.2) is 18.0 Å². The fraction of sp³-hybridized carbons (Fsp3) is 0.286. The fourth-order valence-electron chi connectivity index (χ4n) is 1.87. The minimum absolute atomic E-state index is 0.0594. The standard InChI is InChI=1S/C14H6F9/c15-11(16,12(17,18)13(19,20)14(21,22)23)10-6-5-8-3-1-2-4-9(8)7-10/h1-2,4-7H. The van der Waals surface area contributed by atoms with Crippen LogP contribution >= 0.6 is 0 Å². The Morgan fingerprint density at radius 2 is 1.35 bits per heavy atom. The first-order chi connectivity index (χ1) is 10.3. The first-order valence-corrected chi connectivity index (χ1v) is 5.93. The van der Waals surface area contributed by atoms with Gasteiger partial charge in [-0.25, -0.2) is 0 Å². The predicted molar refractivity (Wildman–Crippen MR) is 62.6 cm³/mol. The predicted octanol–water partition coefficient (Wildman–Crippen LogP) is 5.56. The van der Waals surface area contributed by atoms with Crippen LogP contribution in [0.15, 0.2) is 36.4 Å². The SMILES string of the molecule is FC(F)(F)C(F)(F)C(F)(F)C(F)(F)c1ccc2[c]cccc2c1. The van der Waals surface area contributed by atoms with Crippen LogP contribution in [0, 0.1) is 6.07 Å². The Morgan fingerprint density at radius 3 is 1.91 bits per heavy atom. The van der Waals surface area contributed by atoms with Crippen molar-refractivity contribution >= 4 is 10.8 Å². The van der Waals surface area contributed by atoms with Crippen LogP contribution in [0.5, 0.6) is 0 Å². The lowest BCUT2D eigenvalue weighted by atomic mass is 9.95. The first-order valence-electron chi connectivity index (χ1n) is 5.93. The quantitative estimate of drug-likeness (QED) is 0.639. The monoisotopic (exact) mass is 345 g/mol. The largest absolute Gasteiger partial charge is 0.460 e. The lowest BCUT2D eigenvalue weighted by molar-refractivity contribution is -0.399. The van der Waals surface area contributed by atoms with Crippen LogP contribution in [0.2, 0.25) is 0 Å². The Morgan fingerprint density at radius 1 is 0.739 bits per heavy atom. The number of hydrogen-bond donors (Lipinski definition) is 0. The summed E-state index contributed by atoms with van der Waals surface area (Å²) in [7, 11) is 0. The second-order valence-electron chi connectivity index (χ2n) is 4.69. The summed E-state index contributed by atoms with van der Waals surface area (Å²) in [5.74, 6) is -19.3. The van der Waals surface area contributed by atoms with E-state index in [9.17, 15) is 39.5 Å². The van der Waals surface area contributed by atoms with Gasteiger partial charge in [-0.3, -0.25) is 0 Å². The number of halogens is 9. The molecule has 0 heterocycles. The molecule has 0 aliphatic heterocycles. The first kappa shape index (κ1) is 17.4. The molecule has 0 fully saturated rings. The van der Waals surface area contributed by atoms with Crippen molar-refractivity contribution < 1.29 is 39.5 Å². The molecule has 0 amide bonds. The third-order valence-electron chi connectivity index (χ3n) is 3.17. The molecule has 2 aromatic carbocycles. The second-order valence-corrected chi connectivity index (χ2v) is 4.69. The van der Waals surface area contributed by atoms with Gasteiger partial charge in [0.1, 0.15) is 0 Å². The Bertz CT molecular complexity index is 716. The summed E-state index contributed by atoms with van der Waals surface area (Å²) in [5.41, 5.74) is -1.65. The Kier molecular flexibility index (Phi) is 3.82. The zero-order chi connectivity index (χ0) is 17.7. The highest BCUT2D eigenvalue weighted by Crippen LogP contribution is 2.56. The van der Waals surface area contributed by atoms with Gasteiger partial charge in [0, 0.05) is 5.56 Å². The van der Waals surface area contributed by atoms with Crippen molar-refractivity contribution in [2.45, 2.75) is 23.9 Å². The smallest absolute Gasteiger partial charge is 0.194 e. The van der Waals surface area contributed by atoms with E-state index in [0.717, 1.165) is 6.07 Å². The molecule has 0 atom stereocenters. The summed E-state index contributed by atoms with van der Waals surface area (Å²) in [5, 5.41) is 0.147. The van der Waals surface area contributed by atoms with Gasteiger partial charge in [-0.1, -0.05) is 30.3 Å². The number of alkyl halides is 9. The van der Waals surface area contributed by atoms with Crippen molar-refractivity contribution in [3.05, 3.63) is 48.0 Å². The molecule has 0 spiro atoms. The highest BCUT2D eigenvalue weighted by Gasteiger charge is 2.81. The van der Waals surface area contributed by atoms with Gasteiger partial charge in [-0.05, 0) is 22.9 Å². The van der Waals surface area contributed by atoms with Gasteiger partial charge >= 0.3 is 23.9 Å². The molecule has 0 saturated heterocycles. The van der Waals surface area contributed by atoms with Gasteiger partial charge in [0.15, 0.2) is 0 Å². The Balaban J connectivity index is 2.58. The summed E-state index contributed by atoms with van der Waals surface area (Å²) in [4.78, 5) is 0. The van der Waals surface area contributed by atoms with Gasteiger partial charge in [0.05, 0.1) is 0 Å². The molecular formula is C14H6F9. The molecule has 0 aromatic heterocycles. The van der Waals surface area contributed by atoms with E-state index in [-0.39, 0.29) is 10.8 Å². The third-order valence-corrected chi connectivity index (χ3v) is 3.17. The van der Waals surface area contributed by atoms with Gasteiger partial charge in [0.25, 0.3) is 0 Å². The highest BCUT2D eigenvalue weighted by atomic mass is 19.4. The van der Waals surface area contributed by atoms with Crippen LogP contribution in [0.3, 0.4) is 0 Å². The third kappa shape index (κ3) is 2.51. The summed E-state index contributed by atoms with van der Waals surface area (Å²) >= 11 is 0. The van der Waals surface area contributed by atoms with Crippen molar-refractivity contribution in [1.82, 2.24) is 0 Å².